The van der Waals surface area contributed by atoms with Gasteiger partial charge in [-0.15, -0.1) is 10.2 Å². The lowest BCUT2D eigenvalue weighted by atomic mass is 10.1. The molecule has 3 aromatic carbocycles. The molecule has 7 heteroatoms. The van der Waals surface area contributed by atoms with E-state index in [0.29, 0.717) is 28.2 Å². The Morgan fingerprint density at radius 2 is 1.43 bits per heavy atom. The standard InChI is InChI=1S/C23H15IN6/c1-15(2)21-12-20(28-29-22-9-3-16(13-25)11-17(22)14-26)8-10-23(21)30-27-19-6-4-18(24)5-7-19/h3-12H,1H2,2H3. The summed E-state index contributed by atoms with van der Waals surface area (Å²) in [6.45, 7) is 5.89. The highest BCUT2D eigenvalue weighted by molar-refractivity contribution is 14.1. The first-order valence-electron chi connectivity index (χ1n) is 8.83. The van der Waals surface area contributed by atoms with Crippen molar-refractivity contribution >= 4 is 50.9 Å². The lowest BCUT2D eigenvalue weighted by molar-refractivity contribution is 1.20. The predicted molar refractivity (Wildman–Crippen MR) is 125 cm³/mol. The zero-order chi connectivity index (χ0) is 21.5. The van der Waals surface area contributed by atoms with Crippen molar-refractivity contribution in [1.29, 1.82) is 10.5 Å². The molecule has 0 N–H and O–H groups in total. The maximum Gasteiger partial charge on any atom is 0.104 e. The van der Waals surface area contributed by atoms with E-state index in [4.69, 9.17) is 5.26 Å². The summed E-state index contributed by atoms with van der Waals surface area (Å²) in [5.74, 6) is 0. The first kappa shape index (κ1) is 21.0. The van der Waals surface area contributed by atoms with E-state index in [2.05, 4.69) is 49.6 Å². The van der Waals surface area contributed by atoms with Crippen LogP contribution in [0, 0.1) is 26.2 Å². The van der Waals surface area contributed by atoms with Crippen LogP contribution in [0.25, 0.3) is 5.57 Å². The van der Waals surface area contributed by atoms with Gasteiger partial charge in [-0.25, -0.2) is 0 Å². The molecule has 0 saturated heterocycles. The van der Waals surface area contributed by atoms with Crippen molar-refractivity contribution in [3.63, 3.8) is 0 Å². The number of allylic oxidation sites excluding steroid dienone is 1. The van der Waals surface area contributed by atoms with Crippen molar-refractivity contribution in [3.8, 4) is 12.1 Å². The monoisotopic (exact) mass is 502 g/mol. The molecule has 0 spiro atoms. The SMILES string of the molecule is C=C(C)c1cc(N=Nc2ccc(C#N)cc2C#N)ccc1N=Nc1ccc(I)cc1. The third-order valence-electron chi connectivity index (χ3n) is 4.06. The molecule has 0 amide bonds. The van der Waals surface area contributed by atoms with Crippen molar-refractivity contribution in [1.82, 2.24) is 0 Å². The highest BCUT2D eigenvalue weighted by atomic mass is 127. The molecular weight excluding hydrogens is 487 g/mol. The number of nitriles is 2. The summed E-state index contributed by atoms with van der Waals surface area (Å²) in [5.41, 5.74) is 4.75. The van der Waals surface area contributed by atoms with E-state index < -0.39 is 0 Å². The lowest BCUT2D eigenvalue weighted by Gasteiger charge is -2.05. The predicted octanol–water partition coefficient (Wildman–Crippen LogP) is 7.90. The zero-order valence-corrected chi connectivity index (χ0v) is 18.2. The molecule has 0 aromatic heterocycles. The van der Waals surface area contributed by atoms with Crippen LogP contribution in [0.1, 0.15) is 23.6 Å². The van der Waals surface area contributed by atoms with Gasteiger partial charge in [-0.1, -0.05) is 6.58 Å². The Kier molecular flexibility index (Phi) is 6.79. The average Bonchev–Trinajstić information content (AvgIpc) is 2.77. The second-order valence-corrected chi connectivity index (χ2v) is 7.56. The van der Waals surface area contributed by atoms with Gasteiger partial charge in [0, 0.05) is 9.13 Å². The van der Waals surface area contributed by atoms with Crippen LogP contribution < -0.4 is 0 Å². The molecule has 30 heavy (non-hydrogen) atoms. The minimum atomic E-state index is 0.292. The van der Waals surface area contributed by atoms with Gasteiger partial charge in [-0.3, -0.25) is 0 Å². The summed E-state index contributed by atoms with van der Waals surface area (Å²) in [6, 6.07) is 21.9. The molecule has 3 rings (SSSR count). The fourth-order valence-corrected chi connectivity index (χ4v) is 2.89. The number of rotatable bonds is 5. The second kappa shape index (κ2) is 9.68. The quantitative estimate of drug-likeness (QED) is 0.262. The fourth-order valence-electron chi connectivity index (χ4n) is 2.53. The van der Waals surface area contributed by atoms with Gasteiger partial charge in [0.1, 0.15) is 11.8 Å². The minimum absolute atomic E-state index is 0.292. The molecule has 0 bridgehead atoms. The summed E-state index contributed by atoms with van der Waals surface area (Å²) >= 11 is 2.24. The zero-order valence-electron chi connectivity index (χ0n) is 16.0. The molecule has 0 atom stereocenters. The Morgan fingerprint density at radius 3 is 2.10 bits per heavy atom. The highest BCUT2D eigenvalue weighted by Gasteiger charge is 2.06. The largest absolute Gasteiger partial charge is 0.192 e. The van der Waals surface area contributed by atoms with E-state index in [1.54, 1.807) is 24.3 Å². The molecule has 0 aliphatic carbocycles. The molecule has 0 saturated carbocycles. The number of azo groups is 2. The van der Waals surface area contributed by atoms with E-state index in [1.807, 2.05) is 49.4 Å². The van der Waals surface area contributed by atoms with Crippen molar-refractivity contribution in [3.05, 3.63) is 87.5 Å². The minimum Gasteiger partial charge on any atom is -0.192 e. The van der Waals surface area contributed by atoms with Gasteiger partial charge in [0.05, 0.1) is 34.3 Å². The van der Waals surface area contributed by atoms with Crippen molar-refractivity contribution in [2.45, 2.75) is 6.92 Å². The van der Waals surface area contributed by atoms with Crippen LogP contribution in [-0.2, 0) is 0 Å². The average molecular weight is 502 g/mol. The molecule has 0 unspecified atom stereocenters. The summed E-state index contributed by atoms with van der Waals surface area (Å²) < 4.78 is 1.13. The number of benzene rings is 3. The van der Waals surface area contributed by atoms with Gasteiger partial charge in [-0.05, 0) is 95.8 Å². The topological polar surface area (TPSA) is 97.0 Å². The molecular formula is C23H15IN6. The van der Waals surface area contributed by atoms with Gasteiger partial charge in [0.15, 0.2) is 0 Å². The number of hydrogen-bond acceptors (Lipinski definition) is 6. The number of hydrogen-bond donors (Lipinski definition) is 0. The second-order valence-electron chi connectivity index (χ2n) is 6.31. The first-order valence-corrected chi connectivity index (χ1v) is 9.91. The molecule has 0 aliphatic heterocycles. The van der Waals surface area contributed by atoms with Crippen LogP contribution in [0.5, 0.6) is 0 Å². The lowest BCUT2D eigenvalue weighted by Crippen LogP contribution is -1.81. The smallest absolute Gasteiger partial charge is 0.104 e. The summed E-state index contributed by atoms with van der Waals surface area (Å²) in [5, 5.41) is 35.2. The van der Waals surface area contributed by atoms with Gasteiger partial charge < -0.3 is 0 Å². The van der Waals surface area contributed by atoms with Crippen LogP contribution in [-0.4, -0.2) is 0 Å². The van der Waals surface area contributed by atoms with E-state index in [9.17, 15) is 5.26 Å². The number of halogens is 1. The fraction of sp³-hybridized carbons (Fsp3) is 0.0435. The maximum absolute atomic E-state index is 9.26. The van der Waals surface area contributed by atoms with Crippen molar-refractivity contribution in [2.75, 3.05) is 0 Å². The van der Waals surface area contributed by atoms with E-state index in [-0.39, 0.29) is 0 Å². The Labute approximate surface area is 188 Å². The Hall–Kier alpha value is -3.69. The Balaban J connectivity index is 1.89. The summed E-state index contributed by atoms with van der Waals surface area (Å²) in [6.07, 6.45) is 0. The van der Waals surface area contributed by atoms with Crippen LogP contribution in [0.2, 0.25) is 0 Å². The normalized spacial score (nSPS) is 10.8. The maximum atomic E-state index is 9.26. The van der Waals surface area contributed by atoms with Gasteiger partial charge in [0.2, 0.25) is 0 Å². The molecule has 0 radical (unpaired) electrons. The number of nitrogens with zero attached hydrogens (tertiary/aromatic N) is 6. The first-order chi connectivity index (χ1) is 14.5. The van der Waals surface area contributed by atoms with E-state index in [1.165, 1.54) is 6.07 Å². The third kappa shape index (κ3) is 5.22. The Morgan fingerprint density at radius 1 is 0.800 bits per heavy atom. The highest BCUT2D eigenvalue weighted by Crippen LogP contribution is 2.32. The van der Waals surface area contributed by atoms with Crippen molar-refractivity contribution < 1.29 is 0 Å². The van der Waals surface area contributed by atoms with Crippen LogP contribution in [0.4, 0.5) is 22.7 Å². The van der Waals surface area contributed by atoms with Gasteiger partial charge >= 0.3 is 0 Å². The van der Waals surface area contributed by atoms with E-state index in [0.717, 1.165) is 20.4 Å². The van der Waals surface area contributed by atoms with Crippen LogP contribution >= 0.6 is 22.6 Å². The van der Waals surface area contributed by atoms with Gasteiger partial charge in [-0.2, -0.15) is 20.8 Å². The van der Waals surface area contributed by atoms with Gasteiger partial charge in [0.25, 0.3) is 0 Å². The molecule has 3 aromatic rings. The molecule has 0 fully saturated rings. The van der Waals surface area contributed by atoms with Crippen LogP contribution in [0.3, 0.4) is 0 Å². The Bertz CT molecular complexity index is 1240. The third-order valence-corrected chi connectivity index (χ3v) is 4.78. The van der Waals surface area contributed by atoms with Crippen molar-refractivity contribution in [2.24, 2.45) is 20.5 Å². The summed E-state index contributed by atoms with van der Waals surface area (Å²) in [7, 11) is 0. The summed E-state index contributed by atoms with van der Waals surface area (Å²) in [4.78, 5) is 0. The van der Waals surface area contributed by atoms with E-state index >= 15 is 0 Å². The molecule has 144 valence electrons. The molecule has 0 heterocycles. The molecule has 0 aliphatic rings. The van der Waals surface area contributed by atoms with Crippen LogP contribution in [0.15, 0.2) is 87.7 Å². The molecule has 6 nitrogen and oxygen atoms in total.